The average Bonchev–Trinajstić information content (AvgIpc) is 2.69. The van der Waals surface area contributed by atoms with Crippen molar-refractivity contribution in [3.8, 4) is 11.5 Å². The smallest absolute Gasteiger partial charge is 0.312 e. The maximum Gasteiger partial charge on any atom is 0.312 e. The van der Waals surface area contributed by atoms with Crippen molar-refractivity contribution >= 4 is 60.7 Å². The lowest BCUT2D eigenvalue weighted by molar-refractivity contribution is -0.134. The van der Waals surface area contributed by atoms with Gasteiger partial charge < -0.3 is 9.47 Å². The summed E-state index contributed by atoms with van der Waals surface area (Å²) in [6, 6.07) is 17.9. The molecule has 0 saturated carbocycles. The lowest BCUT2D eigenvalue weighted by Crippen LogP contribution is -2.08. The highest BCUT2D eigenvalue weighted by Crippen LogP contribution is 2.33. The van der Waals surface area contributed by atoms with Crippen LogP contribution in [-0.2, 0) is 9.59 Å². The Hall–Kier alpha value is -1.48. The molecule has 148 valence electrons. The number of para-hydroxylation sites is 2. The molecule has 0 spiro atoms. The van der Waals surface area contributed by atoms with Crippen molar-refractivity contribution in [1.29, 1.82) is 0 Å². The second kappa shape index (κ2) is 12.9. The number of thiol groups is 2. The molecule has 0 saturated heterocycles. The maximum absolute atomic E-state index is 11.8. The van der Waals surface area contributed by atoms with Crippen molar-refractivity contribution in [2.45, 2.75) is 12.8 Å². The van der Waals surface area contributed by atoms with Crippen molar-refractivity contribution in [3.05, 3.63) is 69.1 Å². The van der Waals surface area contributed by atoms with Crippen molar-refractivity contribution < 1.29 is 19.1 Å². The minimum absolute atomic E-state index is 0.263. The molecule has 2 rings (SSSR count). The Labute approximate surface area is 184 Å². The van der Waals surface area contributed by atoms with E-state index in [-0.39, 0.29) is 24.8 Å². The van der Waals surface area contributed by atoms with E-state index >= 15 is 0 Å². The van der Waals surface area contributed by atoms with Gasteiger partial charge in [-0.2, -0.15) is 0 Å². The van der Waals surface area contributed by atoms with E-state index in [0.29, 0.717) is 31.5 Å². The summed E-state index contributed by atoms with van der Waals surface area (Å²) >= 11 is 11.6. The molecule has 4 nitrogen and oxygen atoms in total. The van der Waals surface area contributed by atoms with E-state index in [4.69, 9.17) is 9.47 Å². The summed E-state index contributed by atoms with van der Waals surface area (Å²) in [4.78, 5) is 23.6. The third kappa shape index (κ3) is 9.14. The summed E-state index contributed by atoms with van der Waals surface area (Å²) in [6.07, 6.45) is 0.525. The number of hydrogen-bond acceptors (Lipinski definition) is 8. The predicted molar refractivity (Wildman–Crippen MR) is 123 cm³/mol. The topological polar surface area (TPSA) is 52.6 Å². The Balaban J connectivity index is 1.64. The second-order valence-electron chi connectivity index (χ2n) is 5.38. The highest BCUT2D eigenvalue weighted by Gasteiger charge is 2.09. The minimum Gasteiger partial charge on any atom is -0.427 e. The zero-order valence-electron chi connectivity index (χ0n) is 14.9. The molecule has 2 aromatic rings. The van der Waals surface area contributed by atoms with Gasteiger partial charge in [-0.25, -0.2) is 0 Å². The van der Waals surface area contributed by atoms with Gasteiger partial charge in [0.2, 0.25) is 0 Å². The molecule has 0 aliphatic carbocycles. The molecule has 2 aromatic carbocycles. The number of ether oxygens (including phenoxy) is 2. The summed E-state index contributed by atoms with van der Waals surface area (Å²) < 4.78 is 11.9. The molecule has 0 amide bonds. The van der Waals surface area contributed by atoms with Crippen LogP contribution >= 0.6 is 48.8 Å². The van der Waals surface area contributed by atoms with Gasteiger partial charge in [0, 0.05) is 11.5 Å². The molecular formula is C20H20O4S4. The molecule has 0 N–H and O–H groups in total. The first-order chi connectivity index (χ1) is 13.5. The van der Waals surface area contributed by atoms with Crippen LogP contribution in [0.2, 0.25) is 0 Å². The Morgan fingerprint density at radius 3 is 1.39 bits per heavy atom. The van der Waals surface area contributed by atoms with E-state index in [1.54, 1.807) is 24.3 Å². The van der Waals surface area contributed by atoms with Gasteiger partial charge >= 0.3 is 11.9 Å². The average molecular weight is 453 g/mol. The van der Waals surface area contributed by atoms with E-state index < -0.39 is 0 Å². The molecule has 0 unspecified atom stereocenters. The number of thioether (sulfide) groups is 2. The van der Waals surface area contributed by atoms with Crippen LogP contribution in [0.3, 0.4) is 0 Å². The summed E-state index contributed by atoms with van der Waals surface area (Å²) in [7, 11) is 0. The molecule has 0 atom stereocenters. The molecule has 0 aromatic heterocycles. The number of hydrogen-bond donors (Lipinski definition) is 2. The highest BCUT2D eigenvalue weighted by atomic mass is 32.2. The Morgan fingerprint density at radius 1 is 0.679 bits per heavy atom. The van der Waals surface area contributed by atoms with Crippen LogP contribution < -0.4 is 9.47 Å². The molecule has 0 radical (unpaired) electrons. The maximum atomic E-state index is 11.8. The molecule has 0 fully saturated rings. The molecule has 0 bridgehead atoms. The quantitative estimate of drug-likeness (QED) is 0.285. The van der Waals surface area contributed by atoms with Gasteiger partial charge in [-0.3, -0.25) is 9.59 Å². The third-order valence-electron chi connectivity index (χ3n) is 3.22. The minimum atomic E-state index is -0.295. The normalized spacial score (nSPS) is 11.5. The SMILES string of the molecule is O=C(CCS/C(S)=C(/S)SCCC(=O)Oc1ccccc1)Oc1ccccc1. The van der Waals surface area contributed by atoms with Gasteiger partial charge in [0.05, 0.1) is 21.3 Å². The fourth-order valence-electron chi connectivity index (χ4n) is 1.93. The first kappa shape index (κ1) is 22.8. The van der Waals surface area contributed by atoms with E-state index in [1.165, 1.54) is 23.5 Å². The fraction of sp³-hybridized carbons (Fsp3) is 0.200. The summed E-state index contributed by atoms with van der Waals surface area (Å²) in [5.74, 6) is 1.55. The molecule has 8 heteroatoms. The predicted octanol–water partition coefficient (Wildman–Crippen LogP) is 5.43. The monoisotopic (exact) mass is 452 g/mol. The fourth-order valence-corrected chi connectivity index (χ4v) is 4.39. The summed E-state index contributed by atoms with van der Waals surface area (Å²) in [6.45, 7) is 0. The standard InChI is InChI=1S/C20H20O4S4/c21-17(23-15-7-3-1-4-8-15)11-13-27-19(25)20(26)28-14-12-18(22)24-16-9-5-2-6-10-16/h1-10,25-26H,11-14H2/b20-19-. The van der Waals surface area contributed by atoms with E-state index in [1.807, 2.05) is 36.4 Å². The summed E-state index contributed by atoms with van der Waals surface area (Å²) in [5, 5.41) is 0. The molecule has 28 heavy (non-hydrogen) atoms. The number of esters is 2. The number of rotatable bonds is 10. The van der Waals surface area contributed by atoms with Crippen LogP contribution in [-0.4, -0.2) is 23.4 Å². The number of carbonyl (C=O) groups is 2. The van der Waals surface area contributed by atoms with Crippen molar-refractivity contribution in [2.24, 2.45) is 0 Å². The Bertz CT molecular complexity index is 727. The van der Waals surface area contributed by atoms with Crippen molar-refractivity contribution in [2.75, 3.05) is 11.5 Å². The van der Waals surface area contributed by atoms with Gasteiger partial charge in [-0.05, 0) is 24.3 Å². The second-order valence-corrected chi connectivity index (χ2v) is 9.09. The van der Waals surface area contributed by atoms with Gasteiger partial charge in [-0.15, -0.1) is 48.8 Å². The van der Waals surface area contributed by atoms with Crippen molar-refractivity contribution in [1.82, 2.24) is 0 Å². The van der Waals surface area contributed by atoms with E-state index in [2.05, 4.69) is 25.3 Å². The van der Waals surface area contributed by atoms with Crippen LogP contribution in [0.25, 0.3) is 0 Å². The third-order valence-corrected chi connectivity index (χ3v) is 6.82. The van der Waals surface area contributed by atoms with E-state index in [9.17, 15) is 9.59 Å². The zero-order valence-corrected chi connectivity index (χ0v) is 18.4. The Kier molecular flexibility index (Phi) is 10.5. The number of carbonyl (C=O) groups excluding carboxylic acids is 2. The summed E-state index contributed by atoms with van der Waals surface area (Å²) in [5.41, 5.74) is 0. The first-order valence-electron chi connectivity index (χ1n) is 8.44. The van der Waals surface area contributed by atoms with Crippen LogP contribution in [0.4, 0.5) is 0 Å². The molecular weight excluding hydrogens is 432 g/mol. The largest absolute Gasteiger partial charge is 0.427 e. The zero-order chi connectivity index (χ0) is 20.2. The van der Waals surface area contributed by atoms with Crippen LogP contribution in [0.5, 0.6) is 11.5 Å². The lowest BCUT2D eigenvalue weighted by Gasteiger charge is -2.07. The molecule has 0 aliphatic heterocycles. The first-order valence-corrected chi connectivity index (χ1v) is 11.3. The van der Waals surface area contributed by atoms with E-state index in [0.717, 1.165) is 0 Å². The van der Waals surface area contributed by atoms with Gasteiger partial charge in [0.1, 0.15) is 11.5 Å². The van der Waals surface area contributed by atoms with Gasteiger partial charge in [-0.1, -0.05) is 36.4 Å². The molecule has 0 aliphatic rings. The molecule has 0 heterocycles. The number of benzene rings is 2. The van der Waals surface area contributed by atoms with Crippen molar-refractivity contribution in [3.63, 3.8) is 0 Å². The highest BCUT2D eigenvalue weighted by molar-refractivity contribution is 8.21. The van der Waals surface area contributed by atoms with Crippen LogP contribution in [0.15, 0.2) is 69.1 Å². The Morgan fingerprint density at radius 2 is 1.04 bits per heavy atom. The lowest BCUT2D eigenvalue weighted by atomic mass is 10.3. The van der Waals surface area contributed by atoms with Crippen LogP contribution in [0, 0.1) is 0 Å². The van der Waals surface area contributed by atoms with Gasteiger partial charge in [0.25, 0.3) is 0 Å². The van der Waals surface area contributed by atoms with Gasteiger partial charge in [0.15, 0.2) is 0 Å². The van der Waals surface area contributed by atoms with Crippen LogP contribution in [0.1, 0.15) is 12.8 Å².